The molecule has 3 aromatic rings. The Morgan fingerprint density at radius 1 is 1.15 bits per heavy atom. The van der Waals surface area contributed by atoms with Crippen LogP contribution in [0.1, 0.15) is 22.9 Å². The van der Waals surface area contributed by atoms with Crippen molar-refractivity contribution in [1.29, 1.82) is 0 Å². The lowest BCUT2D eigenvalue weighted by molar-refractivity contribution is 0.276. The molecule has 6 nitrogen and oxygen atoms in total. The van der Waals surface area contributed by atoms with E-state index in [4.69, 9.17) is 0 Å². The Kier molecular flexibility index (Phi) is 5.04. The van der Waals surface area contributed by atoms with Gasteiger partial charge < -0.3 is 15.7 Å². The number of aliphatic hydroxyl groups excluding tert-OH is 1. The van der Waals surface area contributed by atoms with Gasteiger partial charge >= 0.3 is 0 Å². The summed E-state index contributed by atoms with van der Waals surface area (Å²) in [6.07, 6.45) is 2.50. The number of nitrogens with one attached hydrogen (secondary N) is 2. The first-order valence-electron chi connectivity index (χ1n) is 8.89. The third-order valence-electron chi connectivity index (χ3n) is 4.60. The highest BCUT2D eigenvalue weighted by atomic mass is 19.1. The van der Waals surface area contributed by atoms with Gasteiger partial charge in [-0.05, 0) is 42.8 Å². The van der Waals surface area contributed by atoms with Crippen LogP contribution in [0.4, 0.5) is 10.2 Å². The average molecular weight is 365 g/mol. The molecule has 138 valence electrons. The summed E-state index contributed by atoms with van der Waals surface area (Å²) in [6.45, 7) is 1.36. The van der Waals surface area contributed by atoms with E-state index in [0.29, 0.717) is 23.9 Å². The van der Waals surface area contributed by atoms with Gasteiger partial charge in [0.1, 0.15) is 17.3 Å². The highest BCUT2D eigenvalue weighted by molar-refractivity contribution is 5.58. The first-order chi connectivity index (χ1) is 13.2. The topological polar surface area (TPSA) is 83.0 Å². The Bertz CT molecular complexity index is 918. The number of hydrogen-bond donors (Lipinski definition) is 3. The van der Waals surface area contributed by atoms with Gasteiger partial charge in [-0.25, -0.2) is 14.4 Å². The van der Waals surface area contributed by atoms with E-state index in [2.05, 4.69) is 25.6 Å². The van der Waals surface area contributed by atoms with Crippen LogP contribution in [0.2, 0.25) is 0 Å². The van der Waals surface area contributed by atoms with E-state index >= 15 is 0 Å². The largest absolute Gasteiger partial charge is 0.394 e. The molecular formula is C20H20FN5O. The first-order valence-corrected chi connectivity index (χ1v) is 8.89. The molecule has 1 unspecified atom stereocenters. The van der Waals surface area contributed by atoms with Gasteiger partial charge in [0.05, 0.1) is 18.3 Å². The van der Waals surface area contributed by atoms with Crippen molar-refractivity contribution in [1.82, 2.24) is 20.3 Å². The molecule has 27 heavy (non-hydrogen) atoms. The normalized spacial score (nSPS) is 14.4. The monoisotopic (exact) mass is 365 g/mol. The second kappa shape index (κ2) is 7.77. The molecule has 1 aliphatic rings. The molecule has 2 aromatic heterocycles. The number of benzene rings is 1. The molecule has 7 heteroatoms. The Hall–Kier alpha value is -2.90. The molecular weight excluding hydrogens is 345 g/mol. The standard InChI is InChI=1S/C20H20FN5O/c21-14-6-4-13(5-7-14)18(12-27)25-19-15-8-10-22-11-17(15)24-20(26-19)16-3-1-2-9-23-16/h1-7,9,18,22,27H,8,10-12H2,(H,24,25,26). The van der Waals surface area contributed by atoms with E-state index in [0.717, 1.165) is 29.8 Å². The van der Waals surface area contributed by atoms with Gasteiger partial charge in [-0.15, -0.1) is 0 Å². The van der Waals surface area contributed by atoms with Crippen molar-refractivity contribution in [3.05, 3.63) is 71.3 Å². The number of rotatable bonds is 5. The van der Waals surface area contributed by atoms with Gasteiger partial charge in [-0.1, -0.05) is 18.2 Å². The predicted molar refractivity (Wildman–Crippen MR) is 101 cm³/mol. The minimum absolute atomic E-state index is 0.137. The van der Waals surface area contributed by atoms with Gasteiger partial charge in [0.15, 0.2) is 5.82 Å². The van der Waals surface area contributed by atoms with Crippen LogP contribution >= 0.6 is 0 Å². The van der Waals surface area contributed by atoms with Gasteiger partial charge in [-0.3, -0.25) is 4.98 Å². The molecule has 0 radical (unpaired) electrons. The second-order valence-electron chi connectivity index (χ2n) is 6.39. The molecule has 0 amide bonds. The average Bonchev–Trinajstić information content (AvgIpc) is 2.73. The molecule has 4 rings (SSSR count). The minimum atomic E-state index is -0.393. The number of nitrogens with zero attached hydrogens (tertiary/aromatic N) is 3. The summed E-state index contributed by atoms with van der Waals surface area (Å²) in [4.78, 5) is 13.7. The predicted octanol–water partition coefficient (Wildman–Crippen LogP) is 2.47. The Balaban J connectivity index is 1.73. The number of aliphatic hydroxyl groups is 1. The molecule has 0 spiro atoms. The van der Waals surface area contributed by atoms with Crippen molar-refractivity contribution >= 4 is 5.82 Å². The lowest BCUT2D eigenvalue weighted by atomic mass is 10.0. The van der Waals surface area contributed by atoms with E-state index in [1.807, 2.05) is 18.2 Å². The summed E-state index contributed by atoms with van der Waals surface area (Å²) in [5.41, 5.74) is 3.44. The van der Waals surface area contributed by atoms with Gasteiger partial charge in [0, 0.05) is 18.3 Å². The molecule has 0 bridgehead atoms. The fourth-order valence-electron chi connectivity index (χ4n) is 3.18. The Morgan fingerprint density at radius 2 is 2.00 bits per heavy atom. The molecule has 1 aromatic carbocycles. The van der Waals surface area contributed by atoms with Crippen molar-refractivity contribution in [3.63, 3.8) is 0 Å². The number of fused-ring (bicyclic) bond motifs is 1. The fraction of sp³-hybridized carbons (Fsp3) is 0.250. The van der Waals surface area contributed by atoms with Crippen LogP contribution in [-0.2, 0) is 13.0 Å². The van der Waals surface area contributed by atoms with E-state index < -0.39 is 6.04 Å². The SMILES string of the molecule is OCC(Nc1nc(-c2ccccn2)nc2c1CCNC2)c1ccc(F)cc1. The molecule has 0 aliphatic carbocycles. The number of halogens is 1. The summed E-state index contributed by atoms with van der Waals surface area (Å²) >= 11 is 0. The molecule has 1 atom stereocenters. The quantitative estimate of drug-likeness (QED) is 0.644. The van der Waals surface area contributed by atoms with Crippen molar-refractivity contribution in [3.8, 4) is 11.5 Å². The van der Waals surface area contributed by atoms with Crippen LogP contribution in [-0.4, -0.2) is 33.2 Å². The van der Waals surface area contributed by atoms with Crippen LogP contribution in [0.25, 0.3) is 11.5 Å². The summed E-state index contributed by atoms with van der Waals surface area (Å²) in [5.74, 6) is 0.917. The molecule has 1 aliphatic heterocycles. The highest BCUT2D eigenvalue weighted by Gasteiger charge is 2.21. The Labute approximate surface area is 156 Å². The van der Waals surface area contributed by atoms with Crippen molar-refractivity contribution in [2.24, 2.45) is 0 Å². The zero-order chi connectivity index (χ0) is 18.6. The van der Waals surface area contributed by atoms with E-state index in [9.17, 15) is 9.50 Å². The number of aromatic nitrogens is 3. The molecule has 0 fully saturated rings. The van der Waals surface area contributed by atoms with Gasteiger partial charge in [0.25, 0.3) is 0 Å². The van der Waals surface area contributed by atoms with E-state index in [1.165, 1.54) is 12.1 Å². The van der Waals surface area contributed by atoms with E-state index in [1.54, 1.807) is 18.3 Å². The maximum absolute atomic E-state index is 13.2. The van der Waals surface area contributed by atoms with Gasteiger partial charge in [0.2, 0.25) is 0 Å². The van der Waals surface area contributed by atoms with E-state index in [-0.39, 0.29) is 12.4 Å². The minimum Gasteiger partial charge on any atom is -0.394 e. The molecule has 3 N–H and O–H groups in total. The smallest absolute Gasteiger partial charge is 0.180 e. The van der Waals surface area contributed by atoms with Crippen molar-refractivity contribution in [2.75, 3.05) is 18.5 Å². The summed E-state index contributed by atoms with van der Waals surface area (Å²) < 4.78 is 13.2. The lowest BCUT2D eigenvalue weighted by Crippen LogP contribution is -2.27. The zero-order valence-electron chi connectivity index (χ0n) is 14.7. The number of anilines is 1. The molecule has 3 heterocycles. The maximum Gasteiger partial charge on any atom is 0.180 e. The van der Waals surface area contributed by atoms with Gasteiger partial charge in [-0.2, -0.15) is 0 Å². The zero-order valence-corrected chi connectivity index (χ0v) is 14.7. The second-order valence-corrected chi connectivity index (χ2v) is 6.39. The Morgan fingerprint density at radius 3 is 2.74 bits per heavy atom. The summed E-state index contributed by atoms with van der Waals surface area (Å²) in [7, 11) is 0. The molecule has 0 saturated carbocycles. The van der Waals surface area contributed by atoms with Crippen molar-refractivity contribution < 1.29 is 9.50 Å². The van der Waals surface area contributed by atoms with Crippen LogP contribution in [0, 0.1) is 5.82 Å². The third kappa shape index (κ3) is 3.79. The van der Waals surface area contributed by atoms with Crippen LogP contribution < -0.4 is 10.6 Å². The highest BCUT2D eigenvalue weighted by Crippen LogP contribution is 2.27. The van der Waals surface area contributed by atoms with Crippen LogP contribution in [0.15, 0.2) is 48.7 Å². The molecule has 0 saturated heterocycles. The third-order valence-corrected chi connectivity index (χ3v) is 4.60. The van der Waals surface area contributed by atoms with Crippen molar-refractivity contribution in [2.45, 2.75) is 19.0 Å². The summed E-state index contributed by atoms with van der Waals surface area (Å²) in [5, 5.41) is 16.5. The number of pyridine rings is 1. The summed E-state index contributed by atoms with van der Waals surface area (Å²) in [6, 6.07) is 11.3. The first kappa shape index (κ1) is 17.5. The lowest BCUT2D eigenvalue weighted by Gasteiger charge is -2.24. The van der Waals surface area contributed by atoms with Crippen LogP contribution in [0.5, 0.6) is 0 Å². The maximum atomic E-state index is 13.2. The number of hydrogen-bond acceptors (Lipinski definition) is 6. The van der Waals surface area contributed by atoms with Crippen LogP contribution in [0.3, 0.4) is 0 Å². The fourth-order valence-corrected chi connectivity index (χ4v) is 3.18.